The monoisotopic (exact) mass is 235 g/mol. The fourth-order valence-corrected chi connectivity index (χ4v) is 1.57. The van der Waals surface area contributed by atoms with Crippen LogP contribution in [-0.4, -0.2) is 19.6 Å². The van der Waals surface area contributed by atoms with E-state index in [1.165, 1.54) is 12.7 Å². The lowest BCUT2D eigenvalue weighted by Crippen LogP contribution is -2.32. The lowest BCUT2D eigenvalue weighted by molar-refractivity contribution is -0.143. The van der Waals surface area contributed by atoms with E-state index in [9.17, 15) is 4.79 Å². The third-order valence-electron chi connectivity index (χ3n) is 2.58. The van der Waals surface area contributed by atoms with Crippen LogP contribution in [0.1, 0.15) is 31.0 Å². The summed E-state index contributed by atoms with van der Waals surface area (Å²) in [6.07, 6.45) is 0. The average Bonchev–Trinajstić information content (AvgIpc) is 2.30. The highest BCUT2D eigenvalue weighted by Crippen LogP contribution is 2.15. The second-order valence-electron chi connectivity index (χ2n) is 4.67. The molecule has 0 saturated carbocycles. The molecule has 0 aromatic heterocycles. The molecule has 0 aliphatic carbocycles. The third kappa shape index (κ3) is 4.19. The van der Waals surface area contributed by atoms with Crippen LogP contribution in [0.25, 0.3) is 0 Å². The number of carbonyl (C=O) groups is 1. The molecule has 1 rings (SSSR count). The van der Waals surface area contributed by atoms with Gasteiger partial charge in [0.1, 0.15) is 6.04 Å². The molecular weight excluding hydrogens is 214 g/mol. The Morgan fingerprint density at radius 3 is 2.35 bits per heavy atom. The number of ether oxygens (including phenoxy) is 1. The number of hydrogen-bond acceptors (Lipinski definition) is 3. The van der Waals surface area contributed by atoms with E-state index < -0.39 is 0 Å². The highest BCUT2D eigenvalue weighted by Gasteiger charge is 2.20. The number of carbonyl (C=O) groups excluding carboxylic acids is 1. The number of rotatable bonds is 5. The molecule has 1 unspecified atom stereocenters. The predicted molar refractivity (Wildman–Crippen MR) is 68.8 cm³/mol. The Bertz CT molecular complexity index is 357. The van der Waals surface area contributed by atoms with Crippen LogP contribution in [0.3, 0.4) is 0 Å². The minimum absolute atomic E-state index is 0.241. The molecule has 0 heterocycles. The Balaban J connectivity index is 2.82. The normalized spacial score (nSPS) is 12.5. The Hall–Kier alpha value is -1.35. The van der Waals surface area contributed by atoms with Crippen LogP contribution in [0, 0.1) is 12.8 Å². The summed E-state index contributed by atoms with van der Waals surface area (Å²) in [5.41, 5.74) is 2.13. The van der Waals surface area contributed by atoms with Crippen LogP contribution < -0.4 is 5.32 Å². The maximum Gasteiger partial charge on any atom is 0.327 e. The lowest BCUT2D eigenvalue weighted by Gasteiger charge is -2.18. The number of esters is 1. The zero-order chi connectivity index (χ0) is 12.8. The molecule has 0 bridgehead atoms. The summed E-state index contributed by atoms with van der Waals surface area (Å²) >= 11 is 0. The molecule has 1 N–H and O–H groups in total. The van der Waals surface area contributed by atoms with E-state index in [-0.39, 0.29) is 12.0 Å². The van der Waals surface area contributed by atoms with Crippen LogP contribution in [0.2, 0.25) is 0 Å². The number of nitrogens with one attached hydrogen (secondary N) is 1. The highest BCUT2D eigenvalue weighted by molar-refractivity contribution is 5.77. The van der Waals surface area contributed by atoms with Crippen molar-refractivity contribution in [2.75, 3.05) is 13.7 Å². The molecule has 0 aliphatic rings. The van der Waals surface area contributed by atoms with E-state index in [4.69, 9.17) is 4.74 Å². The summed E-state index contributed by atoms with van der Waals surface area (Å²) < 4.78 is 4.83. The summed E-state index contributed by atoms with van der Waals surface area (Å²) in [6, 6.07) is 7.56. The minimum Gasteiger partial charge on any atom is -0.468 e. The number of aryl methyl sites for hydroxylation is 1. The van der Waals surface area contributed by atoms with Crippen molar-refractivity contribution in [3.63, 3.8) is 0 Å². The number of hydrogen-bond donors (Lipinski definition) is 1. The largest absolute Gasteiger partial charge is 0.468 e. The first-order chi connectivity index (χ1) is 8.04. The van der Waals surface area contributed by atoms with Crippen LogP contribution in [0.15, 0.2) is 24.3 Å². The second-order valence-corrected chi connectivity index (χ2v) is 4.67. The fraction of sp³-hybridized carbons (Fsp3) is 0.500. The van der Waals surface area contributed by atoms with Crippen molar-refractivity contribution in [1.82, 2.24) is 5.32 Å². The molecule has 0 amide bonds. The molecule has 3 heteroatoms. The summed E-state index contributed by atoms with van der Waals surface area (Å²) in [7, 11) is 1.42. The van der Waals surface area contributed by atoms with E-state index in [0.29, 0.717) is 5.92 Å². The van der Waals surface area contributed by atoms with Crippen molar-refractivity contribution in [3.05, 3.63) is 35.4 Å². The second kappa shape index (κ2) is 6.40. The van der Waals surface area contributed by atoms with Gasteiger partial charge in [0.25, 0.3) is 0 Å². The standard InChI is InChI=1S/C14H21NO2/c1-10(2)9-15-13(14(16)17-4)12-7-5-11(3)6-8-12/h5-8,10,13,15H,9H2,1-4H3. The Morgan fingerprint density at radius 2 is 1.88 bits per heavy atom. The van der Waals surface area contributed by atoms with Crippen LogP contribution in [0.4, 0.5) is 0 Å². The molecule has 17 heavy (non-hydrogen) atoms. The van der Waals surface area contributed by atoms with Crippen LogP contribution >= 0.6 is 0 Å². The molecule has 1 atom stereocenters. The van der Waals surface area contributed by atoms with Crippen molar-refractivity contribution in [2.24, 2.45) is 5.92 Å². The Morgan fingerprint density at radius 1 is 1.29 bits per heavy atom. The lowest BCUT2D eigenvalue weighted by atomic mass is 10.0. The molecule has 1 aromatic rings. The first-order valence-corrected chi connectivity index (χ1v) is 5.92. The maximum atomic E-state index is 11.7. The van der Waals surface area contributed by atoms with Gasteiger partial charge >= 0.3 is 5.97 Å². The fourth-order valence-electron chi connectivity index (χ4n) is 1.57. The van der Waals surface area contributed by atoms with E-state index in [0.717, 1.165) is 12.1 Å². The number of methoxy groups -OCH3 is 1. The van der Waals surface area contributed by atoms with Gasteiger partial charge in [-0.15, -0.1) is 0 Å². The molecule has 0 spiro atoms. The van der Waals surface area contributed by atoms with Gasteiger partial charge in [-0.25, -0.2) is 4.79 Å². The topological polar surface area (TPSA) is 38.3 Å². The van der Waals surface area contributed by atoms with Crippen molar-refractivity contribution in [2.45, 2.75) is 26.8 Å². The highest BCUT2D eigenvalue weighted by atomic mass is 16.5. The summed E-state index contributed by atoms with van der Waals surface area (Å²) in [5.74, 6) is 0.252. The summed E-state index contributed by atoms with van der Waals surface area (Å²) in [5, 5.41) is 3.23. The summed E-state index contributed by atoms with van der Waals surface area (Å²) in [4.78, 5) is 11.7. The number of benzene rings is 1. The van der Waals surface area contributed by atoms with Gasteiger partial charge in [-0.3, -0.25) is 0 Å². The molecular formula is C14H21NO2. The molecule has 0 radical (unpaired) electrons. The smallest absolute Gasteiger partial charge is 0.327 e. The SMILES string of the molecule is COC(=O)C(NCC(C)C)c1ccc(C)cc1. The molecule has 3 nitrogen and oxygen atoms in total. The van der Waals surface area contributed by atoms with Gasteiger partial charge in [-0.2, -0.15) is 0 Å². The van der Waals surface area contributed by atoms with Gasteiger partial charge in [0.2, 0.25) is 0 Å². The third-order valence-corrected chi connectivity index (χ3v) is 2.58. The van der Waals surface area contributed by atoms with Gasteiger partial charge in [-0.1, -0.05) is 43.7 Å². The van der Waals surface area contributed by atoms with Gasteiger partial charge in [0, 0.05) is 0 Å². The van der Waals surface area contributed by atoms with Crippen LogP contribution in [0.5, 0.6) is 0 Å². The van der Waals surface area contributed by atoms with Gasteiger partial charge in [0.05, 0.1) is 7.11 Å². The van der Waals surface area contributed by atoms with E-state index >= 15 is 0 Å². The van der Waals surface area contributed by atoms with Gasteiger partial charge in [-0.05, 0) is 24.9 Å². The van der Waals surface area contributed by atoms with Crippen molar-refractivity contribution in [1.29, 1.82) is 0 Å². The van der Waals surface area contributed by atoms with Crippen molar-refractivity contribution >= 4 is 5.97 Å². The quantitative estimate of drug-likeness (QED) is 0.797. The maximum absolute atomic E-state index is 11.7. The molecule has 94 valence electrons. The molecule has 0 fully saturated rings. The van der Waals surface area contributed by atoms with E-state index in [1.807, 2.05) is 31.2 Å². The zero-order valence-corrected chi connectivity index (χ0v) is 11.0. The minimum atomic E-state index is -0.372. The predicted octanol–water partition coefficient (Wildman–Crippen LogP) is 2.45. The van der Waals surface area contributed by atoms with Crippen LogP contribution in [-0.2, 0) is 9.53 Å². The Kier molecular flexibility index (Phi) is 5.16. The van der Waals surface area contributed by atoms with E-state index in [2.05, 4.69) is 19.2 Å². The van der Waals surface area contributed by atoms with Gasteiger partial charge < -0.3 is 10.1 Å². The van der Waals surface area contributed by atoms with Crippen molar-refractivity contribution < 1.29 is 9.53 Å². The van der Waals surface area contributed by atoms with Gasteiger partial charge in [0.15, 0.2) is 0 Å². The zero-order valence-electron chi connectivity index (χ0n) is 11.0. The first-order valence-electron chi connectivity index (χ1n) is 5.92. The average molecular weight is 235 g/mol. The van der Waals surface area contributed by atoms with Crippen molar-refractivity contribution in [3.8, 4) is 0 Å². The first kappa shape index (κ1) is 13.7. The molecule has 0 aliphatic heterocycles. The summed E-state index contributed by atoms with van der Waals surface area (Å²) in [6.45, 7) is 7.03. The Labute approximate surface area is 103 Å². The van der Waals surface area contributed by atoms with E-state index in [1.54, 1.807) is 0 Å². The molecule has 1 aromatic carbocycles. The molecule has 0 saturated heterocycles.